The van der Waals surface area contributed by atoms with Gasteiger partial charge in [0, 0.05) is 36.5 Å². The fourth-order valence-corrected chi connectivity index (χ4v) is 4.13. The standard InChI is InChI=1S/C24H26N2O3/c1-29-23-14-21(15-25-16-23)19-6-5-18-13-20(8-7-17(18)12-19)24(28)26-10-3-2-4-22(26)9-11-27/h5-8,12-16,22,27H,2-4,9-11H2,1H3. The van der Waals surface area contributed by atoms with E-state index in [-0.39, 0.29) is 18.6 Å². The largest absolute Gasteiger partial charge is 0.495 e. The van der Waals surface area contributed by atoms with Crippen molar-refractivity contribution in [2.45, 2.75) is 31.7 Å². The number of hydrogen-bond donors (Lipinski definition) is 1. The number of aromatic nitrogens is 1. The van der Waals surface area contributed by atoms with E-state index < -0.39 is 0 Å². The van der Waals surface area contributed by atoms with Gasteiger partial charge in [-0.05, 0) is 66.3 Å². The molecule has 1 aliphatic heterocycles. The normalized spacial score (nSPS) is 16.8. The Morgan fingerprint density at radius 1 is 1.10 bits per heavy atom. The smallest absolute Gasteiger partial charge is 0.254 e. The lowest BCUT2D eigenvalue weighted by Gasteiger charge is -2.35. The molecule has 5 heteroatoms. The van der Waals surface area contributed by atoms with Crippen LogP contribution in [-0.4, -0.2) is 47.2 Å². The molecular formula is C24H26N2O3. The van der Waals surface area contributed by atoms with Crippen LogP contribution >= 0.6 is 0 Å². The first kappa shape index (κ1) is 19.4. The molecule has 2 aromatic carbocycles. The first-order chi connectivity index (χ1) is 14.2. The highest BCUT2D eigenvalue weighted by molar-refractivity contribution is 5.99. The molecule has 1 atom stereocenters. The summed E-state index contributed by atoms with van der Waals surface area (Å²) in [5.74, 6) is 0.786. The van der Waals surface area contributed by atoms with Gasteiger partial charge in [-0.3, -0.25) is 9.78 Å². The molecule has 1 aromatic heterocycles. The van der Waals surface area contributed by atoms with Gasteiger partial charge in [-0.2, -0.15) is 0 Å². The summed E-state index contributed by atoms with van der Waals surface area (Å²) >= 11 is 0. The molecule has 0 spiro atoms. The number of amides is 1. The summed E-state index contributed by atoms with van der Waals surface area (Å²) in [6, 6.07) is 14.2. The second-order valence-corrected chi connectivity index (χ2v) is 7.55. The average molecular weight is 390 g/mol. The summed E-state index contributed by atoms with van der Waals surface area (Å²) in [6.07, 6.45) is 7.27. The number of likely N-dealkylation sites (tertiary alicyclic amines) is 1. The van der Waals surface area contributed by atoms with Gasteiger partial charge in [0.25, 0.3) is 5.91 Å². The van der Waals surface area contributed by atoms with Gasteiger partial charge >= 0.3 is 0 Å². The number of carbonyl (C=O) groups is 1. The molecule has 1 unspecified atom stereocenters. The topological polar surface area (TPSA) is 62.7 Å². The SMILES string of the molecule is COc1cncc(-c2ccc3cc(C(=O)N4CCCCC4CCO)ccc3c2)c1. The number of carbonyl (C=O) groups excluding carboxylic acids is 1. The summed E-state index contributed by atoms with van der Waals surface area (Å²) in [4.78, 5) is 19.3. The van der Waals surface area contributed by atoms with Crippen molar-refractivity contribution in [1.29, 1.82) is 0 Å². The van der Waals surface area contributed by atoms with Gasteiger partial charge < -0.3 is 14.7 Å². The van der Waals surface area contributed by atoms with Crippen molar-refractivity contribution in [3.8, 4) is 16.9 Å². The zero-order valence-corrected chi connectivity index (χ0v) is 16.7. The zero-order valence-electron chi connectivity index (χ0n) is 16.7. The Morgan fingerprint density at radius 2 is 1.93 bits per heavy atom. The van der Waals surface area contributed by atoms with E-state index in [0.717, 1.165) is 53.5 Å². The lowest BCUT2D eigenvalue weighted by Crippen LogP contribution is -2.44. The molecule has 1 saturated heterocycles. The van der Waals surface area contributed by atoms with Crippen LogP contribution in [0.15, 0.2) is 54.9 Å². The lowest BCUT2D eigenvalue weighted by molar-refractivity contribution is 0.0575. The molecule has 29 heavy (non-hydrogen) atoms. The van der Waals surface area contributed by atoms with Gasteiger partial charge in [0.1, 0.15) is 5.75 Å². The number of nitrogens with zero attached hydrogens (tertiary/aromatic N) is 2. The van der Waals surface area contributed by atoms with Crippen molar-refractivity contribution in [3.05, 3.63) is 60.4 Å². The van der Waals surface area contributed by atoms with E-state index in [1.807, 2.05) is 47.5 Å². The number of pyridine rings is 1. The number of benzene rings is 2. The number of hydrogen-bond acceptors (Lipinski definition) is 4. The fourth-order valence-electron chi connectivity index (χ4n) is 4.13. The van der Waals surface area contributed by atoms with E-state index in [0.29, 0.717) is 12.0 Å². The number of piperidine rings is 1. The predicted octanol–water partition coefficient (Wildman–Crippen LogP) is 4.29. The van der Waals surface area contributed by atoms with Gasteiger partial charge in [0.2, 0.25) is 0 Å². The van der Waals surface area contributed by atoms with Crippen LogP contribution in [-0.2, 0) is 0 Å². The molecule has 0 aliphatic carbocycles. The maximum absolute atomic E-state index is 13.1. The number of ether oxygens (including phenoxy) is 1. The molecule has 3 aromatic rings. The van der Waals surface area contributed by atoms with Crippen LogP contribution in [0.5, 0.6) is 5.75 Å². The number of aliphatic hydroxyl groups is 1. The second-order valence-electron chi connectivity index (χ2n) is 7.55. The molecule has 0 saturated carbocycles. The van der Waals surface area contributed by atoms with Crippen molar-refractivity contribution < 1.29 is 14.6 Å². The molecule has 0 bridgehead atoms. The van der Waals surface area contributed by atoms with Crippen LogP contribution in [0.1, 0.15) is 36.0 Å². The minimum Gasteiger partial charge on any atom is -0.495 e. The highest BCUT2D eigenvalue weighted by atomic mass is 16.5. The summed E-state index contributed by atoms with van der Waals surface area (Å²) < 4.78 is 5.27. The fraction of sp³-hybridized carbons (Fsp3) is 0.333. The van der Waals surface area contributed by atoms with Crippen LogP contribution in [0.4, 0.5) is 0 Å². The first-order valence-electron chi connectivity index (χ1n) is 10.1. The van der Waals surface area contributed by atoms with Gasteiger partial charge in [-0.15, -0.1) is 0 Å². The monoisotopic (exact) mass is 390 g/mol. The molecule has 2 heterocycles. The Balaban J connectivity index is 1.62. The van der Waals surface area contributed by atoms with Crippen molar-refractivity contribution in [2.75, 3.05) is 20.3 Å². The highest BCUT2D eigenvalue weighted by Gasteiger charge is 2.27. The lowest BCUT2D eigenvalue weighted by atomic mass is 9.97. The average Bonchev–Trinajstić information content (AvgIpc) is 2.78. The van der Waals surface area contributed by atoms with Crippen LogP contribution < -0.4 is 4.74 Å². The van der Waals surface area contributed by atoms with Crippen LogP contribution in [0.3, 0.4) is 0 Å². The van der Waals surface area contributed by atoms with E-state index in [1.165, 1.54) is 0 Å². The minimum absolute atomic E-state index is 0.0612. The molecule has 1 N–H and O–H groups in total. The Kier molecular flexibility index (Phi) is 5.76. The zero-order chi connectivity index (χ0) is 20.2. The second kappa shape index (κ2) is 8.62. The molecule has 1 aliphatic rings. The molecule has 0 radical (unpaired) electrons. The van der Waals surface area contributed by atoms with Gasteiger partial charge in [-0.1, -0.05) is 18.2 Å². The third-order valence-electron chi connectivity index (χ3n) is 5.72. The minimum atomic E-state index is 0.0612. The highest BCUT2D eigenvalue weighted by Crippen LogP contribution is 2.28. The number of rotatable bonds is 5. The molecule has 5 nitrogen and oxygen atoms in total. The van der Waals surface area contributed by atoms with Crippen molar-refractivity contribution in [3.63, 3.8) is 0 Å². The maximum atomic E-state index is 13.1. The molecule has 1 fully saturated rings. The van der Waals surface area contributed by atoms with Crippen molar-refractivity contribution in [2.24, 2.45) is 0 Å². The Morgan fingerprint density at radius 3 is 2.76 bits per heavy atom. The van der Waals surface area contributed by atoms with Crippen LogP contribution in [0.25, 0.3) is 21.9 Å². The molecule has 150 valence electrons. The third kappa shape index (κ3) is 4.10. The van der Waals surface area contributed by atoms with Crippen LogP contribution in [0.2, 0.25) is 0 Å². The third-order valence-corrected chi connectivity index (χ3v) is 5.72. The summed E-state index contributed by atoms with van der Waals surface area (Å²) in [6.45, 7) is 0.886. The van der Waals surface area contributed by atoms with Gasteiger partial charge in [0.15, 0.2) is 0 Å². The number of methoxy groups -OCH3 is 1. The number of fused-ring (bicyclic) bond motifs is 1. The summed E-state index contributed by atoms with van der Waals surface area (Å²) in [7, 11) is 1.63. The van der Waals surface area contributed by atoms with E-state index in [4.69, 9.17) is 4.74 Å². The number of aliphatic hydroxyl groups excluding tert-OH is 1. The first-order valence-corrected chi connectivity index (χ1v) is 10.1. The molecular weight excluding hydrogens is 364 g/mol. The van der Waals surface area contributed by atoms with Gasteiger partial charge in [-0.25, -0.2) is 0 Å². The van der Waals surface area contributed by atoms with E-state index in [2.05, 4.69) is 11.1 Å². The molecule has 1 amide bonds. The van der Waals surface area contributed by atoms with Crippen molar-refractivity contribution in [1.82, 2.24) is 9.88 Å². The Bertz CT molecular complexity index is 1020. The van der Waals surface area contributed by atoms with E-state index >= 15 is 0 Å². The van der Waals surface area contributed by atoms with Crippen LogP contribution in [0, 0.1) is 0 Å². The predicted molar refractivity (Wildman–Crippen MR) is 114 cm³/mol. The Hall–Kier alpha value is -2.92. The quantitative estimate of drug-likeness (QED) is 0.706. The van der Waals surface area contributed by atoms with Crippen molar-refractivity contribution >= 4 is 16.7 Å². The maximum Gasteiger partial charge on any atom is 0.254 e. The summed E-state index contributed by atoms with van der Waals surface area (Å²) in [5.41, 5.74) is 2.76. The Labute approximate surface area is 170 Å². The van der Waals surface area contributed by atoms with E-state index in [9.17, 15) is 9.90 Å². The summed E-state index contributed by atoms with van der Waals surface area (Å²) in [5, 5.41) is 11.4. The molecule has 4 rings (SSSR count). The van der Waals surface area contributed by atoms with Gasteiger partial charge in [0.05, 0.1) is 13.3 Å². The van der Waals surface area contributed by atoms with E-state index in [1.54, 1.807) is 13.3 Å².